The molecule has 108 valence electrons. The third-order valence-electron chi connectivity index (χ3n) is 3.38. The molecule has 0 unspecified atom stereocenters. The molecule has 1 atom stereocenters. The van der Waals surface area contributed by atoms with Gasteiger partial charge in [-0.25, -0.2) is 9.59 Å². The van der Waals surface area contributed by atoms with Crippen LogP contribution in [0.25, 0.3) is 0 Å². The van der Waals surface area contributed by atoms with Gasteiger partial charge in [-0.05, 0) is 24.1 Å². The van der Waals surface area contributed by atoms with Crippen LogP contribution in [-0.4, -0.2) is 48.3 Å². The minimum Gasteiger partial charge on any atom is -0.478 e. The summed E-state index contributed by atoms with van der Waals surface area (Å²) in [5, 5.41) is 11.7. The van der Waals surface area contributed by atoms with Crippen LogP contribution in [0.1, 0.15) is 22.3 Å². The van der Waals surface area contributed by atoms with E-state index in [-0.39, 0.29) is 17.7 Å². The zero-order chi connectivity index (χ0) is 14.5. The van der Waals surface area contributed by atoms with Crippen molar-refractivity contribution in [1.29, 1.82) is 0 Å². The SMILES string of the molecule is CO[C@H]1CCN(C(=O)NCc2cccc(C(=O)O)c2)C1. The number of rotatable bonds is 4. The summed E-state index contributed by atoms with van der Waals surface area (Å²) >= 11 is 0. The second-order valence-corrected chi connectivity index (χ2v) is 4.76. The lowest BCUT2D eigenvalue weighted by Gasteiger charge is -2.17. The molecule has 1 aromatic carbocycles. The highest BCUT2D eigenvalue weighted by molar-refractivity contribution is 5.87. The molecule has 1 fully saturated rings. The number of hydrogen-bond acceptors (Lipinski definition) is 3. The van der Waals surface area contributed by atoms with E-state index in [2.05, 4.69) is 5.32 Å². The summed E-state index contributed by atoms with van der Waals surface area (Å²) in [6.07, 6.45) is 0.953. The third-order valence-corrected chi connectivity index (χ3v) is 3.38. The fourth-order valence-electron chi connectivity index (χ4n) is 2.21. The van der Waals surface area contributed by atoms with E-state index in [1.165, 1.54) is 6.07 Å². The average molecular weight is 278 g/mol. The molecule has 0 aromatic heterocycles. The van der Waals surface area contributed by atoms with Crippen molar-refractivity contribution in [2.75, 3.05) is 20.2 Å². The fourth-order valence-corrected chi connectivity index (χ4v) is 2.21. The van der Waals surface area contributed by atoms with Gasteiger partial charge in [-0.2, -0.15) is 0 Å². The summed E-state index contributed by atoms with van der Waals surface area (Å²) in [7, 11) is 1.64. The fraction of sp³-hybridized carbons (Fsp3) is 0.429. The average Bonchev–Trinajstić information content (AvgIpc) is 2.94. The largest absolute Gasteiger partial charge is 0.478 e. The number of aromatic carboxylic acids is 1. The van der Waals surface area contributed by atoms with Gasteiger partial charge in [-0.15, -0.1) is 0 Å². The number of carbonyl (C=O) groups is 2. The summed E-state index contributed by atoms with van der Waals surface area (Å²) in [6.45, 7) is 1.59. The molecule has 20 heavy (non-hydrogen) atoms. The Labute approximate surface area is 117 Å². The third kappa shape index (κ3) is 3.48. The van der Waals surface area contributed by atoms with Gasteiger partial charge in [0.1, 0.15) is 0 Å². The minimum atomic E-state index is -0.972. The van der Waals surface area contributed by atoms with Crippen molar-refractivity contribution in [3.8, 4) is 0 Å². The van der Waals surface area contributed by atoms with Crippen LogP contribution in [0, 0.1) is 0 Å². The summed E-state index contributed by atoms with van der Waals surface area (Å²) in [5.41, 5.74) is 0.984. The van der Waals surface area contributed by atoms with Gasteiger partial charge in [-0.3, -0.25) is 0 Å². The van der Waals surface area contributed by atoms with Crippen molar-refractivity contribution in [2.45, 2.75) is 19.1 Å². The molecule has 0 radical (unpaired) electrons. The van der Waals surface area contributed by atoms with Gasteiger partial charge in [-0.1, -0.05) is 12.1 Å². The predicted octanol–water partition coefficient (Wildman–Crippen LogP) is 1.32. The number of benzene rings is 1. The van der Waals surface area contributed by atoms with Crippen LogP contribution in [0.2, 0.25) is 0 Å². The maximum absolute atomic E-state index is 11.9. The standard InChI is InChI=1S/C14H18N2O4/c1-20-12-5-6-16(9-12)14(19)15-8-10-3-2-4-11(7-10)13(17)18/h2-4,7,12H,5-6,8-9H2,1H3,(H,15,19)(H,17,18)/t12-/m0/s1. The maximum atomic E-state index is 11.9. The van der Waals surface area contributed by atoms with Crippen LogP contribution in [0.5, 0.6) is 0 Å². The van der Waals surface area contributed by atoms with Crippen LogP contribution in [0.15, 0.2) is 24.3 Å². The molecule has 1 saturated heterocycles. The number of carboxylic acid groups (broad SMARTS) is 1. The molecular weight excluding hydrogens is 260 g/mol. The number of amides is 2. The molecule has 0 saturated carbocycles. The molecule has 0 aliphatic carbocycles. The van der Waals surface area contributed by atoms with Gasteiger partial charge in [0.2, 0.25) is 0 Å². The van der Waals surface area contributed by atoms with Crippen molar-refractivity contribution < 1.29 is 19.4 Å². The van der Waals surface area contributed by atoms with Crippen molar-refractivity contribution in [3.05, 3.63) is 35.4 Å². The maximum Gasteiger partial charge on any atom is 0.335 e. The van der Waals surface area contributed by atoms with E-state index in [1.807, 2.05) is 0 Å². The number of nitrogens with zero attached hydrogens (tertiary/aromatic N) is 1. The van der Waals surface area contributed by atoms with Gasteiger partial charge >= 0.3 is 12.0 Å². The summed E-state index contributed by atoms with van der Waals surface area (Å²) in [6, 6.07) is 6.39. The first-order valence-electron chi connectivity index (χ1n) is 6.48. The van der Waals surface area contributed by atoms with Crippen LogP contribution in [0.3, 0.4) is 0 Å². The number of urea groups is 1. The molecule has 2 amide bonds. The molecular formula is C14H18N2O4. The quantitative estimate of drug-likeness (QED) is 0.870. The van der Waals surface area contributed by atoms with E-state index < -0.39 is 5.97 Å². The van der Waals surface area contributed by atoms with E-state index in [1.54, 1.807) is 30.2 Å². The first-order valence-corrected chi connectivity index (χ1v) is 6.48. The molecule has 1 aliphatic heterocycles. The highest BCUT2D eigenvalue weighted by Crippen LogP contribution is 2.12. The predicted molar refractivity (Wildman–Crippen MR) is 72.6 cm³/mol. The summed E-state index contributed by atoms with van der Waals surface area (Å²) in [5.74, 6) is -0.972. The normalized spacial score (nSPS) is 18.1. The van der Waals surface area contributed by atoms with E-state index in [0.29, 0.717) is 19.6 Å². The molecule has 1 aromatic rings. The zero-order valence-electron chi connectivity index (χ0n) is 11.3. The highest BCUT2D eigenvalue weighted by atomic mass is 16.5. The van der Waals surface area contributed by atoms with Gasteiger partial charge in [0, 0.05) is 26.7 Å². The molecule has 2 N–H and O–H groups in total. The van der Waals surface area contributed by atoms with Gasteiger partial charge in [0.25, 0.3) is 0 Å². The molecule has 1 aliphatic rings. The lowest BCUT2D eigenvalue weighted by molar-refractivity contribution is 0.0696. The van der Waals surface area contributed by atoms with Gasteiger partial charge in [0.05, 0.1) is 11.7 Å². The number of nitrogens with one attached hydrogen (secondary N) is 1. The Morgan fingerprint density at radius 3 is 2.95 bits per heavy atom. The van der Waals surface area contributed by atoms with E-state index in [4.69, 9.17) is 9.84 Å². The summed E-state index contributed by atoms with van der Waals surface area (Å²) < 4.78 is 5.21. The second kappa shape index (κ2) is 6.38. The Bertz CT molecular complexity index is 504. The first kappa shape index (κ1) is 14.3. The molecule has 0 spiro atoms. The van der Waals surface area contributed by atoms with Crippen molar-refractivity contribution in [1.82, 2.24) is 10.2 Å². The number of hydrogen-bond donors (Lipinski definition) is 2. The number of carbonyl (C=O) groups excluding carboxylic acids is 1. The summed E-state index contributed by atoms with van der Waals surface area (Å²) in [4.78, 5) is 24.5. The van der Waals surface area contributed by atoms with Crippen LogP contribution in [-0.2, 0) is 11.3 Å². The Morgan fingerprint density at radius 2 is 2.30 bits per heavy atom. The number of carboxylic acids is 1. The monoisotopic (exact) mass is 278 g/mol. The lowest BCUT2D eigenvalue weighted by Crippen LogP contribution is -2.38. The van der Waals surface area contributed by atoms with Crippen molar-refractivity contribution in [2.24, 2.45) is 0 Å². The topological polar surface area (TPSA) is 78.9 Å². The molecule has 1 heterocycles. The molecule has 0 bridgehead atoms. The van der Waals surface area contributed by atoms with E-state index in [0.717, 1.165) is 12.0 Å². The Morgan fingerprint density at radius 1 is 1.50 bits per heavy atom. The van der Waals surface area contributed by atoms with Crippen LogP contribution in [0.4, 0.5) is 4.79 Å². The van der Waals surface area contributed by atoms with E-state index >= 15 is 0 Å². The van der Waals surface area contributed by atoms with Gasteiger partial charge < -0.3 is 20.1 Å². The minimum absolute atomic E-state index is 0.107. The van der Waals surface area contributed by atoms with Crippen LogP contribution < -0.4 is 5.32 Å². The van der Waals surface area contributed by atoms with Crippen LogP contribution >= 0.6 is 0 Å². The number of ether oxygens (including phenoxy) is 1. The number of likely N-dealkylation sites (tertiary alicyclic amines) is 1. The second-order valence-electron chi connectivity index (χ2n) is 4.76. The Kier molecular flexibility index (Phi) is 4.57. The number of methoxy groups -OCH3 is 1. The van der Waals surface area contributed by atoms with Crippen molar-refractivity contribution >= 4 is 12.0 Å². The lowest BCUT2D eigenvalue weighted by atomic mass is 10.1. The molecule has 6 nitrogen and oxygen atoms in total. The molecule has 6 heteroatoms. The van der Waals surface area contributed by atoms with Gasteiger partial charge in [0.15, 0.2) is 0 Å². The Hall–Kier alpha value is -2.08. The Balaban J connectivity index is 1.87. The van der Waals surface area contributed by atoms with Crippen molar-refractivity contribution in [3.63, 3.8) is 0 Å². The first-order chi connectivity index (χ1) is 9.60. The van der Waals surface area contributed by atoms with E-state index in [9.17, 15) is 9.59 Å². The zero-order valence-corrected chi connectivity index (χ0v) is 11.3. The highest BCUT2D eigenvalue weighted by Gasteiger charge is 2.25. The molecule has 2 rings (SSSR count). The smallest absolute Gasteiger partial charge is 0.335 e.